The van der Waals surface area contributed by atoms with Gasteiger partial charge >= 0.3 is 0 Å². The average Bonchev–Trinajstić information content (AvgIpc) is 2.74. The summed E-state index contributed by atoms with van der Waals surface area (Å²) in [5.41, 5.74) is 2.49. The maximum absolute atomic E-state index is 12.3. The predicted octanol–water partition coefficient (Wildman–Crippen LogP) is 8.23. The Morgan fingerprint density at radius 3 is 1.69 bits per heavy atom. The van der Waals surface area contributed by atoms with Gasteiger partial charge in [-0.05, 0) is 24.5 Å². The first kappa shape index (κ1) is 24.0. The van der Waals surface area contributed by atoms with Gasteiger partial charge in [-0.2, -0.15) is 0 Å². The fraction of sp³-hybridized carbons (Fsp3) is 0.741. The molecule has 2 rings (SSSR count). The number of aryl methyl sites for hydroxylation is 1. The number of benzene rings is 1. The Bertz CT molecular complexity index is 553. The number of anilines is 1. The second-order valence-corrected chi connectivity index (χ2v) is 8.98. The molecule has 0 unspecified atom stereocenters. The molecule has 0 aliphatic carbocycles. The fourth-order valence-corrected chi connectivity index (χ4v) is 4.56. The summed E-state index contributed by atoms with van der Waals surface area (Å²) in [5, 5.41) is 0. The molecule has 2 nitrogen and oxygen atoms in total. The van der Waals surface area contributed by atoms with E-state index < -0.39 is 0 Å². The van der Waals surface area contributed by atoms with Gasteiger partial charge in [-0.1, -0.05) is 121 Å². The molecule has 0 aromatic heterocycles. The van der Waals surface area contributed by atoms with Crippen molar-refractivity contribution >= 4 is 11.6 Å². The highest BCUT2D eigenvalue weighted by Crippen LogP contribution is 2.27. The van der Waals surface area contributed by atoms with Crippen LogP contribution < -0.4 is 4.90 Å². The number of hydrogen-bond donors (Lipinski definition) is 0. The molecule has 164 valence electrons. The topological polar surface area (TPSA) is 20.3 Å². The molecule has 1 amide bonds. The first-order valence-electron chi connectivity index (χ1n) is 12.7. The molecular formula is C27H45NO. The van der Waals surface area contributed by atoms with Crippen molar-refractivity contribution in [2.45, 2.75) is 122 Å². The van der Waals surface area contributed by atoms with Gasteiger partial charge in [0.1, 0.15) is 0 Å². The van der Waals surface area contributed by atoms with E-state index in [1.54, 1.807) is 0 Å². The van der Waals surface area contributed by atoms with Crippen LogP contribution in [0.15, 0.2) is 24.3 Å². The number of hydrogen-bond acceptors (Lipinski definition) is 1. The Hall–Kier alpha value is -1.31. The third-order valence-corrected chi connectivity index (χ3v) is 6.43. The molecule has 1 aromatic carbocycles. The zero-order valence-corrected chi connectivity index (χ0v) is 19.1. The highest BCUT2D eigenvalue weighted by molar-refractivity contribution is 5.96. The molecule has 0 atom stereocenters. The molecule has 2 heteroatoms. The maximum Gasteiger partial charge on any atom is 0.227 e. The minimum Gasteiger partial charge on any atom is -0.312 e. The third-order valence-electron chi connectivity index (χ3n) is 6.43. The predicted molar refractivity (Wildman–Crippen MR) is 127 cm³/mol. The van der Waals surface area contributed by atoms with Crippen molar-refractivity contribution in [2.24, 2.45) is 0 Å². The van der Waals surface area contributed by atoms with Crippen molar-refractivity contribution in [3.05, 3.63) is 29.8 Å². The van der Waals surface area contributed by atoms with Gasteiger partial charge in [0.25, 0.3) is 0 Å². The number of amides is 1. The summed E-state index contributed by atoms with van der Waals surface area (Å²) >= 11 is 0. The van der Waals surface area contributed by atoms with Crippen LogP contribution in [0.4, 0.5) is 5.69 Å². The van der Waals surface area contributed by atoms with Crippen molar-refractivity contribution in [3.8, 4) is 0 Å². The molecule has 1 heterocycles. The molecule has 0 fully saturated rings. The van der Waals surface area contributed by atoms with Gasteiger partial charge in [0.2, 0.25) is 5.91 Å². The summed E-state index contributed by atoms with van der Waals surface area (Å²) in [4.78, 5) is 14.3. The van der Waals surface area contributed by atoms with E-state index in [1.165, 1.54) is 102 Å². The highest BCUT2D eigenvalue weighted by Gasteiger charge is 2.22. The first-order chi connectivity index (χ1) is 14.3. The van der Waals surface area contributed by atoms with Crippen LogP contribution in [0.25, 0.3) is 0 Å². The van der Waals surface area contributed by atoms with E-state index in [0.717, 1.165) is 25.1 Å². The van der Waals surface area contributed by atoms with Crippen LogP contribution in [0.5, 0.6) is 0 Å². The van der Waals surface area contributed by atoms with Gasteiger partial charge in [0.05, 0.1) is 0 Å². The second-order valence-electron chi connectivity index (χ2n) is 8.98. The maximum atomic E-state index is 12.3. The Morgan fingerprint density at radius 2 is 1.14 bits per heavy atom. The molecular weight excluding hydrogens is 354 g/mol. The average molecular weight is 400 g/mol. The smallest absolute Gasteiger partial charge is 0.227 e. The zero-order valence-electron chi connectivity index (χ0n) is 19.1. The fourth-order valence-electron chi connectivity index (χ4n) is 4.56. The monoisotopic (exact) mass is 399 g/mol. The van der Waals surface area contributed by atoms with Gasteiger partial charge < -0.3 is 4.90 Å². The molecule has 0 bridgehead atoms. The van der Waals surface area contributed by atoms with E-state index in [2.05, 4.69) is 31.2 Å². The minimum atomic E-state index is 0.310. The lowest BCUT2D eigenvalue weighted by atomic mass is 10.0. The van der Waals surface area contributed by atoms with Crippen LogP contribution in [0.2, 0.25) is 0 Å². The summed E-state index contributed by atoms with van der Waals surface area (Å²) in [6.45, 7) is 3.19. The highest BCUT2D eigenvalue weighted by atomic mass is 16.2. The summed E-state index contributed by atoms with van der Waals surface area (Å²) < 4.78 is 0. The number of rotatable bonds is 17. The van der Waals surface area contributed by atoms with Gasteiger partial charge in [0.15, 0.2) is 0 Å². The molecule has 1 aromatic rings. The van der Waals surface area contributed by atoms with E-state index in [0.29, 0.717) is 12.3 Å². The van der Waals surface area contributed by atoms with Gasteiger partial charge in [-0.3, -0.25) is 4.79 Å². The molecule has 0 radical (unpaired) electrons. The van der Waals surface area contributed by atoms with Crippen LogP contribution in [0, 0.1) is 0 Å². The van der Waals surface area contributed by atoms with Crippen molar-refractivity contribution < 1.29 is 4.79 Å². The van der Waals surface area contributed by atoms with Crippen molar-refractivity contribution in [1.82, 2.24) is 0 Å². The largest absolute Gasteiger partial charge is 0.312 e. The Balaban J connectivity index is 1.38. The molecule has 0 saturated heterocycles. The molecule has 1 aliphatic rings. The quantitative estimate of drug-likeness (QED) is 0.242. The van der Waals surface area contributed by atoms with E-state index in [4.69, 9.17) is 0 Å². The number of nitrogens with zero attached hydrogens (tertiary/aromatic N) is 1. The molecule has 1 aliphatic heterocycles. The second kappa shape index (κ2) is 15.5. The standard InChI is InChI=1S/C27H45NO/c1-2-3-4-5-6-7-8-9-10-11-12-13-14-15-16-19-24-28-26-21-18-17-20-25(26)22-23-27(28)29/h17-18,20-21H,2-16,19,22-24H2,1H3. The van der Waals surface area contributed by atoms with Gasteiger partial charge in [0, 0.05) is 18.7 Å². The van der Waals surface area contributed by atoms with Crippen LogP contribution in [-0.2, 0) is 11.2 Å². The van der Waals surface area contributed by atoms with E-state index in [-0.39, 0.29) is 0 Å². The summed E-state index contributed by atoms with van der Waals surface area (Å²) in [5.74, 6) is 0.310. The van der Waals surface area contributed by atoms with E-state index >= 15 is 0 Å². The lowest BCUT2D eigenvalue weighted by Gasteiger charge is -2.29. The zero-order chi connectivity index (χ0) is 20.6. The van der Waals surface area contributed by atoms with Crippen LogP contribution >= 0.6 is 0 Å². The minimum absolute atomic E-state index is 0.310. The molecule has 0 spiro atoms. The summed E-state index contributed by atoms with van der Waals surface area (Å²) in [6, 6.07) is 8.42. The molecule has 0 N–H and O–H groups in total. The lowest BCUT2D eigenvalue weighted by molar-refractivity contribution is -0.118. The van der Waals surface area contributed by atoms with Crippen LogP contribution in [0.1, 0.15) is 122 Å². The molecule has 0 saturated carbocycles. The van der Waals surface area contributed by atoms with E-state index in [1.807, 2.05) is 4.90 Å². The number of unbranched alkanes of at least 4 members (excludes halogenated alkanes) is 15. The molecule has 29 heavy (non-hydrogen) atoms. The normalized spacial score (nSPS) is 13.7. The lowest BCUT2D eigenvalue weighted by Crippen LogP contribution is -2.35. The Labute approximate surface area is 180 Å². The van der Waals surface area contributed by atoms with Gasteiger partial charge in [-0.15, -0.1) is 0 Å². The number of carbonyl (C=O) groups excluding carboxylic acids is 1. The van der Waals surface area contributed by atoms with Crippen LogP contribution in [-0.4, -0.2) is 12.5 Å². The Morgan fingerprint density at radius 1 is 0.655 bits per heavy atom. The number of para-hydroxylation sites is 1. The van der Waals surface area contributed by atoms with Gasteiger partial charge in [-0.25, -0.2) is 0 Å². The van der Waals surface area contributed by atoms with Crippen molar-refractivity contribution in [3.63, 3.8) is 0 Å². The first-order valence-corrected chi connectivity index (χ1v) is 12.7. The number of fused-ring (bicyclic) bond motifs is 1. The van der Waals surface area contributed by atoms with Crippen molar-refractivity contribution in [1.29, 1.82) is 0 Å². The SMILES string of the molecule is CCCCCCCCCCCCCCCCCCN1C(=O)CCc2ccccc21. The number of carbonyl (C=O) groups is 1. The summed E-state index contributed by atoms with van der Waals surface area (Å²) in [6.07, 6.45) is 23.8. The van der Waals surface area contributed by atoms with Crippen molar-refractivity contribution in [2.75, 3.05) is 11.4 Å². The Kier molecular flexibility index (Phi) is 12.8. The van der Waals surface area contributed by atoms with Crippen LogP contribution in [0.3, 0.4) is 0 Å². The van der Waals surface area contributed by atoms with E-state index in [9.17, 15) is 4.79 Å². The summed E-state index contributed by atoms with van der Waals surface area (Å²) in [7, 11) is 0. The third kappa shape index (κ3) is 9.83.